The SMILES string of the molecule is COC(=O)c1cn(CC(=O)Nc2cc(OC)c(OC)c(OC)c2)c2ccccc12. The zero-order valence-corrected chi connectivity index (χ0v) is 16.6. The Kier molecular flexibility index (Phi) is 5.92. The van der Waals surface area contributed by atoms with Crippen LogP contribution < -0.4 is 19.5 Å². The molecule has 0 saturated heterocycles. The number of para-hydroxylation sites is 1. The van der Waals surface area contributed by atoms with Crippen molar-refractivity contribution in [3.63, 3.8) is 0 Å². The Morgan fingerprint density at radius 1 is 0.966 bits per heavy atom. The topological polar surface area (TPSA) is 88.0 Å². The zero-order valence-electron chi connectivity index (χ0n) is 16.6. The minimum Gasteiger partial charge on any atom is -0.493 e. The van der Waals surface area contributed by atoms with Crippen molar-refractivity contribution in [3.05, 3.63) is 48.2 Å². The van der Waals surface area contributed by atoms with Gasteiger partial charge in [0.05, 0.1) is 34.0 Å². The average molecular weight is 398 g/mol. The summed E-state index contributed by atoms with van der Waals surface area (Å²) in [6.07, 6.45) is 1.62. The lowest BCUT2D eigenvalue weighted by atomic mass is 10.2. The number of carbonyl (C=O) groups excluding carboxylic acids is 2. The Labute approximate surface area is 167 Å². The predicted octanol–water partition coefficient (Wildman–Crippen LogP) is 3.09. The van der Waals surface area contributed by atoms with Crippen molar-refractivity contribution in [1.29, 1.82) is 0 Å². The van der Waals surface area contributed by atoms with Crippen LogP contribution in [0.5, 0.6) is 17.2 Å². The van der Waals surface area contributed by atoms with E-state index < -0.39 is 5.97 Å². The predicted molar refractivity (Wildman–Crippen MR) is 108 cm³/mol. The van der Waals surface area contributed by atoms with Crippen molar-refractivity contribution in [1.82, 2.24) is 4.57 Å². The molecule has 152 valence electrons. The van der Waals surface area contributed by atoms with Gasteiger partial charge in [0.25, 0.3) is 0 Å². The first-order chi connectivity index (χ1) is 14.0. The maximum absolute atomic E-state index is 12.7. The summed E-state index contributed by atoms with van der Waals surface area (Å²) in [6.45, 7) is 0.00810. The zero-order chi connectivity index (χ0) is 21.0. The third-order valence-corrected chi connectivity index (χ3v) is 4.46. The Hall–Kier alpha value is -3.68. The molecule has 0 saturated carbocycles. The fourth-order valence-electron chi connectivity index (χ4n) is 3.16. The maximum Gasteiger partial charge on any atom is 0.340 e. The molecule has 8 nitrogen and oxygen atoms in total. The summed E-state index contributed by atoms with van der Waals surface area (Å²) < 4.78 is 22.4. The molecule has 0 unspecified atom stereocenters. The van der Waals surface area contributed by atoms with E-state index in [2.05, 4.69) is 5.32 Å². The molecule has 0 bridgehead atoms. The third kappa shape index (κ3) is 3.96. The normalized spacial score (nSPS) is 10.5. The summed E-state index contributed by atoms with van der Waals surface area (Å²) in [6, 6.07) is 10.6. The van der Waals surface area contributed by atoms with Gasteiger partial charge in [-0.2, -0.15) is 0 Å². The fourth-order valence-corrected chi connectivity index (χ4v) is 3.16. The number of hydrogen-bond acceptors (Lipinski definition) is 6. The van der Waals surface area contributed by atoms with Crippen molar-refractivity contribution >= 4 is 28.5 Å². The summed E-state index contributed by atoms with van der Waals surface area (Å²) in [5, 5.41) is 3.54. The van der Waals surface area contributed by atoms with E-state index in [1.165, 1.54) is 28.4 Å². The minimum atomic E-state index is -0.454. The lowest BCUT2D eigenvalue weighted by molar-refractivity contribution is -0.116. The van der Waals surface area contributed by atoms with Gasteiger partial charge >= 0.3 is 5.97 Å². The van der Waals surface area contributed by atoms with E-state index in [1.54, 1.807) is 22.9 Å². The highest BCUT2D eigenvalue weighted by molar-refractivity contribution is 6.05. The Balaban J connectivity index is 1.88. The first kappa shape index (κ1) is 20.1. The van der Waals surface area contributed by atoms with Gasteiger partial charge in [0.2, 0.25) is 11.7 Å². The van der Waals surface area contributed by atoms with Crippen LogP contribution in [0.1, 0.15) is 10.4 Å². The monoisotopic (exact) mass is 398 g/mol. The van der Waals surface area contributed by atoms with Gasteiger partial charge in [-0.15, -0.1) is 0 Å². The van der Waals surface area contributed by atoms with Crippen LogP contribution in [0.4, 0.5) is 5.69 Å². The molecule has 0 aliphatic rings. The van der Waals surface area contributed by atoms with Gasteiger partial charge in [-0.1, -0.05) is 18.2 Å². The van der Waals surface area contributed by atoms with Crippen molar-refractivity contribution in [2.75, 3.05) is 33.8 Å². The summed E-state index contributed by atoms with van der Waals surface area (Å²) >= 11 is 0. The standard InChI is InChI=1S/C21H22N2O6/c1-26-17-9-13(10-18(27-2)20(17)28-3)22-19(24)12-23-11-15(21(25)29-4)14-7-5-6-8-16(14)23/h5-11H,12H2,1-4H3,(H,22,24). The average Bonchev–Trinajstić information content (AvgIpc) is 3.10. The Bertz CT molecular complexity index is 1030. The minimum absolute atomic E-state index is 0.00810. The number of aromatic nitrogens is 1. The molecule has 0 fully saturated rings. The van der Waals surface area contributed by atoms with Crippen LogP contribution in [0, 0.1) is 0 Å². The third-order valence-electron chi connectivity index (χ3n) is 4.46. The van der Waals surface area contributed by atoms with Crippen LogP contribution >= 0.6 is 0 Å². The molecule has 8 heteroatoms. The number of esters is 1. The van der Waals surface area contributed by atoms with E-state index in [9.17, 15) is 9.59 Å². The Morgan fingerprint density at radius 3 is 2.21 bits per heavy atom. The van der Waals surface area contributed by atoms with E-state index in [0.29, 0.717) is 28.5 Å². The van der Waals surface area contributed by atoms with Gasteiger partial charge in [-0.3, -0.25) is 4.79 Å². The number of fused-ring (bicyclic) bond motifs is 1. The van der Waals surface area contributed by atoms with E-state index in [0.717, 1.165) is 10.9 Å². The molecule has 0 aliphatic carbocycles. The highest BCUT2D eigenvalue weighted by Crippen LogP contribution is 2.39. The molecule has 2 aromatic carbocycles. The highest BCUT2D eigenvalue weighted by Gasteiger charge is 2.18. The summed E-state index contributed by atoms with van der Waals surface area (Å²) in [5.41, 5.74) is 1.66. The molecule has 1 aromatic heterocycles. The number of anilines is 1. The van der Waals surface area contributed by atoms with Crippen LogP contribution in [0.15, 0.2) is 42.6 Å². The number of benzene rings is 2. The molecule has 1 amide bonds. The fraction of sp³-hybridized carbons (Fsp3) is 0.238. The van der Waals surface area contributed by atoms with Crippen LogP contribution in [0.3, 0.4) is 0 Å². The van der Waals surface area contributed by atoms with Gasteiger partial charge in [0.1, 0.15) is 6.54 Å². The number of amides is 1. The van der Waals surface area contributed by atoms with Gasteiger partial charge in [0.15, 0.2) is 11.5 Å². The number of methoxy groups -OCH3 is 4. The summed E-state index contributed by atoms with van der Waals surface area (Å²) in [7, 11) is 5.84. The largest absolute Gasteiger partial charge is 0.493 e. The molecule has 0 aliphatic heterocycles. The lowest BCUT2D eigenvalue weighted by Gasteiger charge is -2.15. The van der Waals surface area contributed by atoms with E-state index >= 15 is 0 Å². The Morgan fingerprint density at radius 2 is 1.62 bits per heavy atom. The van der Waals surface area contributed by atoms with Crippen LogP contribution in [0.2, 0.25) is 0 Å². The molecular weight excluding hydrogens is 376 g/mol. The molecule has 0 spiro atoms. The maximum atomic E-state index is 12.7. The number of carbonyl (C=O) groups is 2. The molecule has 0 radical (unpaired) electrons. The van der Waals surface area contributed by atoms with Crippen molar-refractivity contribution in [2.24, 2.45) is 0 Å². The van der Waals surface area contributed by atoms with Crippen molar-refractivity contribution in [3.8, 4) is 17.2 Å². The number of nitrogens with one attached hydrogen (secondary N) is 1. The summed E-state index contributed by atoms with van der Waals surface area (Å²) in [5.74, 6) is 0.566. The van der Waals surface area contributed by atoms with E-state index in [4.69, 9.17) is 18.9 Å². The second-order valence-electron chi connectivity index (χ2n) is 6.14. The van der Waals surface area contributed by atoms with Crippen LogP contribution in [-0.2, 0) is 16.1 Å². The van der Waals surface area contributed by atoms with Gasteiger partial charge in [-0.05, 0) is 6.07 Å². The number of ether oxygens (including phenoxy) is 4. The van der Waals surface area contributed by atoms with Gasteiger partial charge in [-0.25, -0.2) is 4.79 Å². The molecule has 1 N–H and O–H groups in total. The molecule has 3 aromatic rings. The van der Waals surface area contributed by atoms with Gasteiger partial charge < -0.3 is 28.8 Å². The first-order valence-corrected chi connectivity index (χ1v) is 8.78. The second kappa shape index (κ2) is 8.55. The van der Waals surface area contributed by atoms with Crippen molar-refractivity contribution in [2.45, 2.75) is 6.54 Å². The summed E-state index contributed by atoms with van der Waals surface area (Å²) in [4.78, 5) is 24.7. The number of rotatable bonds is 7. The molecule has 1 heterocycles. The quantitative estimate of drug-likeness (QED) is 0.616. The highest BCUT2D eigenvalue weighted by atomic mass is 16.5. The molecule has 0 atom stereocenters. The second-order valence-corrected chi connectivity index (χ2v) is 6.14. The molecular formula is C21H22N2O6. The number of nitrogens with zero attached hydrogens (tertiary/aromatic N) is 1. The van der Waals surface area contributed by atoms with E-state index in [1.807, 2.05) is 24.3 Å². The van der Waals surface area contributed by atoms with Crippen LogP contribution in [0.25, 0.3) is 10.9 Å². The first-order valence-electron chi connectivity index (χ1n) is 8.78. The molecule has 29 heavy (non-hydrogen) atoms. The van der Waals surface area contributed by atoms with Crippen molar-refractivity contribution < 1.29 is 28.5 Å². The van der Waals surface area contributed by atoms with Crippen LogP contribution in [-0.4, -0.2) is 44.9 Å². The smallest absolute Gasteiger partial charge is 0.340 e. The molecule has 3 rings (SSSR count). The number of hydrogen-bond donors (Lipinski definition) is 1. The lowest BCUT2D eigenvalue weighted by Crippen LogP contribution is -2.18. The van der Waals surface area contributed by atoms with Gasteiger partial charge in [0, 0.05) is 34.9 Å². The van der Waals surface area contributed by atoms with E-state index in [-0.39, 0.29) is 12.5 Å².